The first-order valence-electron chi connectivity index (χ1n) is 9.22. The van der Waals surface area contributed by atoms with Crippen LogP contribution in [0, 0.1) is 0 Å². The molecule has 1 amide bonds. The molecule has 0 saturated carbocycles. The van der Waals surface area contributed by atoms with Crippen LogP contribution in [0.5, 0.6) is 11.5 Å². The van der Waals surface area contributed by atoms with Crippen molar-refractivity contribution >= 4 is 22.4 Å². The van der Waals surface area contributed by atoms with Crippen molar-refractivity contribution in [1.29, 1.82) is 0 Å². The molecular formula is C23H25NO3. The Morgan fingerprint density at radius 3 is 2.56 bits per heavy atom. The molecule has 0 aliphatic rings. The van der Waals surface area contributed by atoms with E-state index < -0.39 is 0 Å². The largest absolute Gasteiger partial charge is 0.497 e. The predicted molar refractivity (Wildman–Crippen MR) is 110 cm³/mol. The van der Waals surface area contributed by atoms with Gasteiger partial charge in [0, 0.05) is 0 Å². The average molecular weight is 363 g/mol. The molecule has 0 aliphatic heterocycles. The molecule has 4 heteroatoms. The first-order chi connectivity index (χ1) is 13.1. The normalized spacial score (nSPS) is 11.8. The number of carbonyl (C=O) groups is 1. The van der Waals surface area contributed by atoms with E-state index in [4.69, 9.17) is 9.47 Å². The van der Waals surface area contributed by atoms with Crippen molar-refractivity contribution in [3.63, 3.8) is 0 Å². The molecule has 0 unspecified atom stereocenters. The summed E-state index contributed by atoms with van der Waals surface area (Å²) in [6.07, 6.45) is 0.917. The molecule has 0 radical (unpaired) electrons. The number of hydrogen-bond donors (Lipinski definition) is 1. The van der Waals surface area contributed by atoms with Crippen LogP contribution in [0.2, 0.25) is 0 Å². The molecule has 0 aromatic heterocycles. The Morgan fingerprint density at radius 1 is 1.04 bits per heavy atom. The number of benzene rings is 3. The van der Waals surface area contributed by atoms with Gasteiger partial charge in [0.05, 0.1) is 25.3 Å². The van der Waals surface area contributed by atoms with Crippen molar-refractivity contribution in [2.75, 3.05) is 19.0 Å². The van der Waals surface area contributed by atoms with E-state index in [0.29, 0.717) is 18.0 Å². The van der Waals surface area contributed by atoms with Gasteiger partial charge in [-0.2, -0.15) is 0 Å². The summed E-state index contributed by atoms with van der Waals surface area (Å²) >= 11 is 0. The fourth-order valence-corrected chi connectivity index (χ4v) is 2.94. The van der Waals surface area contributed by atoms with Gasteiger partial charge in [-0.05, 0) is 53.9 Å². The minimum absolute atomic E-state index is 0.0598. The number of ether oxygens (including phenoxy) is 2. The van der Waals surface area contributed by atoms with Crippen LogP contribution in [0.3, 0.4) is 0 Å². The highest BCUT2D eigenvalue weighted by molar-refractivity contribution is 5.97. The first-order valence-corrected chi connectivity index (χ1v) is 9.22. The summed E-state index contributed by atoms with van der Waals surface area (Å²) < 4.78 is 11.0. The summed E-state index contributed by atoms with van der Waals surface area (Å²) in [6.45, 7) is 4.59. The van der Waals surface area contributed by atoms with E-state index in [1.165, 1.54) is 0 Å². The summed E-state index contributed by atoms with van der Waals surface area (Å²) in [5, 5.41) is 5.17. The van der Waals surface area contributed by atoms with E-state index in [9.17, 15) is 4.79 Å². The van der Waals surface area contributed by atoms with E-state index in [1.807, 2.05) is 61.5 Å². The van der Waals surface area contributed by atoms with Crippen LogP contribution in [0.4, 0.5) is 5.69 Å². The van der Waals surface area contributed by atoms with Gasteiger partial charge in [0.2, 0.25) is 5.91 Å². The van der Waals surface area contributed by atoms with Gasteiger partial charge in [0.15, 0.2) is 0 Å². The number of methoxy groups -OCH3 is 1. The first kappa shape index (κ1) is 18.8. The van der Waals surface area contributed by atoms with Crippen LogP contribution < -0.4 is 14.8 Å². The van der Waals surface area contributed by atoms with Crippen molar-refractivity contribution in [3.8, 4) is 11.5 Å². The third-order valence-electron chi connectivity index (χ3n) is 4.57. The zero-order valence-corrected chi connectivity index (χ0v) is 16.0. The van der Waals surface area contributed by atoms with Gasteiger partial charge >= 0.3 is 0 Å². The Kier molecular flexibility index (Phi) is 5.97. The van der Waals surface area contributed by atoms with Gasteiger partial charge in [-0.25, -0.2) is 0 Å². The number of carbonyl (C=O) groups excluding carboxylic acids is 1. The molecule has 4 nitrogen and oxygen atoms in total. The minimum Gasteiger partial charge on any atom is -0.497 e. The molecule has 3 aromatic rings. The zero-order chi connectivity index (χ0) is 19.2. The number of para-hydroxylation sites is 2. The van der Waals surface area contributed by atoms with Crippen LogP contribution in [-0.2, 0) is 4.79 Å². The lowest BCUT2D eigenvalue weighted by Gasteiger charge is -2.16. The molecule has 0 fully saturated rings. The molecule has 1 atom stereocenters. The topological polar surface area (TPSA) is 47.6 Å². The van der Waals surface area contributed by atoms with Crippen molar-refractivity contribution in [2.45, 2.75) is 26.2 Å². The van der Waals surface area contributed by atoms with Crippen LogP contribution in [0.25, 0.3) is 10.8 Å². The summed E-state index contributed by atoms with van der Waals surface area (Å²) in [5.74, 6) is 1.18. The second-order valence-electron chi connectivity index (χ2n) is 6.53. The Hall–Kier alpha value is -3.01. The smallest absolute Gasteiger partial charge is 0.231 e. The van der Waals surface area contributed by atoms with Gasteiger partial charge in [-0.3, -0.25) is 4.79 Å². The molecule has 3 rings (SSSR count). The lowest BCUT2D eigenvalue weighted by Crippen LogP contribution is -2.19. The number of anilines is 1. The Labute approximate surface area is 160 Å². The molecule has 0 bridgehead atoms. The lowest BCUT2D eigenvalue weighted by molar-refractivity contribution is -0.117. The SMILES string of the molecule is CCCOc1ccccc1NC(=O)[C@@H](C)c1ccc2cc(OC)ccc2c1. The summed E-state index contributed by atoms with van der Waals surface area (Å²) in [5.41, 5.74) is 1.67. The second-order valence-corrected chi connectivity index (χ2v) is 6.53. The maximum atomic E-state index is 12.8. The third-order valence-corrected chi connectivity index (χ3v) is 4.57. The highest BCUT2D eigenvalue weighted by atomic mass is 16.5. The highest BCUT2D eigenvalue weighted by Gasteiger charge is 2.17. The second kappa shape index (κ2) is 8.58. The van der Waals surface area contributed by atoms with E-state index in [2.05, 4.69) is 18.3 Å². The number of hydrogen-bond acceptors (Lipinski definition) is 3. The zero-order valence-electron chi connectivity index (χ0n) is 16.0. The monoisotopic (exact) mass is 363 g/mol. The maximum absolute atomic E-state index is 12.8. The number of rotatable bonds is 7. The van der Waals surface area contributed by atoms with Crippen molar-refractivity contribution in [1.82, 2.24) is 0 Å². The van der Waals surface area contributed by atoms with Crippen molar-refractivity contribution in [3.05, 3.63) is 66.2 Å². The molecule has 140 valence electrons. The number of amides is 1. The summed E-state index contributed by atoms with van der Waals surface area (Å²) in [4.78, 5) is 12.8. The van der Waals surface area contributed by atoms with Crippen molar-refractivity contribution in [2.24, 2.45) is 0 Å². The summed E-state index contributed by atoms with van der Waals surface area (Å²) in [7, 11) is 1.66. The summed E-state index contributed by atoms with van der Waals surface area (Å²) in [6, 6.07) is 19.5. The third kappa shape index (κ3) is 4.40. The average Bonchev–Trinajstić information content (AvgIpc) is 2.71. The van der Waals surface area contributed by atoms with Gasteiger partial charge in [0.25, 0.3) is 0 Å². The van der Waals surface area contributed by atoms with Crippen LogP contribution in [0.15, 0.2) is 60.7 Å². The van der Waals surface area contributed by atoms with Gasteiger partial charge < -0.3 is 14.8 Å². The Morgan fingerprint density at radius 2 is 1.78 bits per heavy atom. The fraction of sp³-hybridized carbons (Fsp3) is 0.261. The Balaban J connectivity index is 1.78. The highest BCUT2D eigenvalue weighted by Crippen LogP contribution is 2.28. The lowest BCUT2D eigenvalue weighted by atomic mass is 9.97. The molecule has 0 heterocycles. The van der Waals surface area contributed by atoms with Gasteiger partial charge in [0.1, 0.15) is 11.5 Å². The molecular weight excluding hydrogens is 338 g/mol. The molecule has 0 aliphatic carbocycles. The molecule has 0 saturated heterocycles. The maximum Gasteiger partial charge on any atom is 0.231 e. The minimum atomic E-state index is -0.282. The van der Waals surface area contributed by atoms with E-state index in [-0.39, 0.29) is 11.8 Å². The number of nitrogens with one attached hydrogen (secondary N) is 1. The van der Waals surface area contributed by atoms with E-state index >= 15 is 0 Å². The molecule has 3 aromatic carbocycles. The molecule has 1 N–H and O–H groups in total. The molecule has 0 spiro atoms. The van der Waals surface area contributed by atoms with Crippen LogP contribution in [-0.4, -0.2) is 19.6 Å². The van der Waals surface area contributed by atoms with E-state index in [1.54, 1.807) is 7.11 Å². The van der Waals surface area contributed by atoms with Crippen LogP contribution in [0.1, 0.15) is 31.7 Å². The Bertz CT molecular complexity index is 936. The number of fused-ring (bicyclic) bond motifs is 1. The standard InChI is InChI=1S/C23H25NO3/c1-4-13-27-22-8-6-5-7-21(22)24-23(25)16(2)17-9-10-19-15-20(26-3)12-11-18(19)14-17/h5-12,14-16H,4,13H2,1-3H3,(H,24,25)/t16-/m0/s1. The van der Waals surface area contributed by atoms with Gasteiger partial charge in [-0.15, -0.1) is 0 Å². The van der Waals surface area contributed by atoms with E-state index in [0.717, 1.165) is 28.5 Å². The van der Waals surface area contributed by atoms with Crippen molar-refractivity contribution < 1.29 is 14.3 Å². The fourth-order valence-electron chi connectivity index (χ4n) is 2.94. The van der Waals surface area contributed by atoms with Gasteiger partial charge in [-0.1, -0.05) is 43.3 Å². The van der Waals surface area contributed by atoms with Crippen LogP contribution >= 0.6 is 0 Å². The predicted octanol–water partition coefficient (Wildman–Crippen LogP) is 5.38. The quantitative estimate of drug-likeness (QED) is 0.613. The molecule has 27 heavy (non-hydrogen) atoms.